The molecule has 3 aromatic rings. The van der Waals surface area contributed by atoms with Crippen LogP contribution in [0.2, 0.25) is 10.0 Å². The van der Waals surface area contributed by atoms with Gasteiger partial charge < -0.3 is 10.1 Å². The van der Waals surface area contributed by atoms with Gasteiger partial charge in [0.25, 0.3) is 11.8 Å². The third-order valence-electron chi connectivity index (χ3n) is 4.21. The minimum atomic E-state index is -0.483. The number of benzene rings is 3. The molecule has 2 amide bonds. The molecule has 0 heterocycles. The molecule has 0 aliphatic heterocycles. The number of ether oxygens (including phenoxy) is 1. The lowest BCUT2D eigenvalue weighted by atomic mass is 10.2. The Bertz CT molecular complexity index is 1140. The van der Waals surface area contributed by atoms with E-state index in [1.54, 1.807) is 0 Å². The first kappa shape index (κ1) is 23.8. The maximum absolute atomic E-state index is 12.1. The predicted octanol–water partition coefficient (Wildman–Crippen LogP) is 5.22. The highest BCUT2D eigenvalue weighted by atomic mass is 79.9. The van der Waals surface area contributed by atoms with Gasteiger partial charge in [-0.25, -0.2) is 5.43 Å². The molecule has 0 radical (unpaired) electrons. The molecule has 0 spiro atoms. The maximum atomic E-state index is 12.1. The zero-order chi connectivity index (χ0) is 22.9. The van der Waals surface area contributed by atoms with Crippen LogP contribution in [0.5, 0.6) is 5.75 Å². The predicted molar refractivity (Wildman–Crippen MR) is 129 cm³/mol. The molecule has 6 nitrogen and oxygen atoms in total. The first-order chi connectivity index (χ1) is 15.4. The van der Waals surface area contributed by atoms with Crippen molar-refractivity contribution in [2.45, 2.75) is 6.61 Å². The normalized spacial score (nSPS) is 10.7. The van der Waals surface area contributed by atoms with E-state index >= 15 is 0 Å². The van der Waals surface area contributed by atoms with Crippen LogP contribution in [-0.2, 0) is 11.4 Å². The highest BCUT2D eigenvalue weighted by Gasteiger charge is 2.09. The molecule has 0 aromatic heterocycles. The van der Waals surface area contributed by atoms with Crippen LogP contribution >= 0.6 is 39.1 Å². The minimum Gasteiger partial charge on any atom is -0.488 e. The molecule has 9 heteroatoms. The second-order valence-electron chi connectivity index (χ2n) is 6.56. The Kier molecular flexibility index (Phi) is 8.67. The van der Waals surface area contributed by atoms with Gasteiger partial charge in [0.1, 0.15) is 12.4 Å². The van der Waals surface area contributed by atoms with Gasteiger partial charge in [-0.3, -0.25) is 9.59 Å². The number of carbonyl (C=O) groups is 2. The molecule has 0 aliphatic rings. The first-order valence-corrected chi connectivity index (χ1v) is 11.0. The summed E-state index contributed by atoms with van der Waals surface area (Å²) in [6.45, 7) is 0.142. The summed E-state index contributed by atoms with van der Waals surface area (Å²) in [4.78, 5) is 24.1. The number of nitrogens with one attached hydrogen (secondary N) is 2. The summed E-state index contributed by atoms with van der Waals surface area (Å²) in [6, 6.07) is 19.6. The number of hydrazone groups is 1. The largest absolute Gasteiger partial charge is 0.488 e. The fraction of sp³-hybridized carbons (Fsp3) is 0.0870. The molecule has 3 rings (SSSR count). The first-order valence-electron chi connectivity index (χ1n) is 9.44. The Morgan fingerprint density at radius 3 is 2.50 bits per heavy atom. The van der Waals surface area contributed by atoms with Crippen LogP contribution in [0.4, 0.5) is 0 Å². The van der Waals surface area contributed by atoms with Gasteiger partial charge in [0, 0.05) is 15.6 Å². The van der Waals surface area contributed by atoms with Crippen LogP contribution < -0.4 is 15.5 Å². The molecule has 3 aromatic carbocycles. The van der Waals surface area contributed by atoms with E-state index in [2.05, 4.69) is 31.8 Å². The summed E-state index contributed by atoms with van der Waals surface area (Å²) < 4.78 is 6.87. The van der Waals surface area contributed by atoms with E-state index in [0.29, 0.717) is 28.5 Å². The van der Waals surface area contributed by atoms with E-state index in [-0.39, 0.29) is 11.6 Å². The molecule has 0 fully saturated rings. The molecule has 0 saturated heterocycles. The molecular weight excluding hydrogens is 517 g/mol. The highest BCUT2D eigenvalue weighted by Crippen LogP contribution is 2.22. The molecule has 0 bridgehead atoms. The Labute approximate surface area is 203 Å². The Balaban J connectivity index is 1.50. The number of rotatable bonds is 8. The van der Waals surface area contributed by atoms with Crippen LogP contribution in [0.1, 0.15) is 21.5 Å². The number of para-hydroxylation sites is 1. The molecule has 32 heavy (non-hydrogen) atoms. The van der Waals surface area contributed by atoms with E-state index in [1.807, 2.05) is 48.5 Å². The van der Waals surface area contributed by atoms with Crippen molar-refractivity contribution in [1.82, 2.24) is 10.7 Å². The second-order valence-corrected chi connectivity index (χ2v) is 8.29. The lowest BCUT2D eigenvalue weighted by Gasteiger charge is -2.09. The van der Waals surface area contributed by atoms with E-state index in [9.17, 15) is 9.59 Å². The van der Waals surface area contributed by atoms with E-state index in [0.717, 1.165) is 10.0 Å². The van der Waals surface area contributed by atoms with Crippen LogP contribution in [-0.4, -0.2) is 24.6 Å². The zero-order valence-corrected chi connectivity index (χ0v) is 19.7. The van der Waals surface area contributed by atoms with Crippen molar-refractivity contribution in [3.63, 3.8) is 0 Å². The summed E-state index contributed by atoms with van der Waals surface area (Å²) in [6.07, 6.45) is 1.48. The number of carbonyl (C=O) groups excluding carboxylic acids is 2. The monoisotopic (exact) mass is 533 g/mol. The lowest BCUT2D eigenvalue weighted by molar-refractivity contribution is -0.120. The molecule has 2 N–H and O–H groups in total. The molecule has 0 unspecified atom stereocenters. The van der Waals surface area contributed by atoms with Crippen molar-refractivity contribution >= 4 is 57.2 Å². The van der Waals surface area contributed by atoms with Crippen LogP contribution in [0.15, 0.2) is 76.3 Å². The number of halogens is 3. The molecule has 0 aliphatic carbocycles. The van der Waals surface area contributed by atoms with Gasteiger partial charge in [-0.05, 0) is 48.0 Å². The fourth-order valence-electron chi connectivity index (χ4n) is 2.57. The number of amides is 2. The molecule has 164 valence electrons. The van der Waals surface area contributed by atoms with Crippen molar-refractivity contribution < 1.29 is 14.3 Å². The highest BCUT2D eigenvalue weighted by molar-refractivity contribution is 9.10. The summed E-state index contributed by atoms with van der Waals surface area (Å²) >= 11 is 15.1. The number of nitrogens with zero attached hydrogens (tertiary/aromatic N) is 1. The van der Waals surface area contributed by atoms with Gasteiger partial charge in [-0.2, -0.15) is 5.10 Å². The average molecular weight is 535 g/mol. The van der Waals surface area contributed by atoms with E-state index < -0.39 is 11.8 Å². The summed E-state index contributed by atoms with van der Waals surface area (Å²) in [5.74, 6) is -0.307. The SMILES string of the molecule is O=C(CNC(=O)c1ccc(Cl)c(Cl)c1)N/N=C\c1ccccc1OCc1ccc(Br)cc1. The van der Waals surface area contributed by atoms with Crippen molar-refractivity contribution in [2.75, 3.05) is 6.54 Å². The van der Waals surface area contributed by atoms with Gasteiger partial charge in [0.15, 0.2) is 0 Å². The molecular formula is C23H18BrCl2N3O3. The minimum absolute atomic E-state index is 0.252. The molecule has 0 saturated carbocycles. The maximum Gasteiger partial charge on any atom is 0.259 e. The lowest BCUT2D eigenvalue weighted by Crippen LogP contribution is -2.34. The second kappa shape index (κ2) is 11.7. The third-order valence-corrected chi connectivity index (χ3v) is 5.48. The number of hydrogen-bond acceptors (Lipinski definition) is 4. The van der Waals surface area contributed by atoms with Crippen molar-refractivity contribution in [3.8, 4) is 5.75 Å². The Hall–Kier alpha value is -2.87. The van der Waals surface area contributed by atoms with Crippen LogP contribution in [0.25, 0.3) is 0 Å². The van der Waals surface area contributed by atoms with Crippen LogP contribution in [0, 0.1) is 0 Å². The van der Waals surface area contributed by atoms with Gasteiger partial charge in [0.05, 0.1) is 22.8 Å². The van der Waals surface area contributed by atoms with Gasteiger partial charge in [-0.15, -0.1) is 0 Å². The zero-order valence-electron chi connectivity index (χ0n) is 16.6. The smallest absolute Gasteiger partial charge is 0.259 e. The van der Waals surface area contributed by atoms with Gasteiger partial charge >= 0.3 is 0 Å². The van der Waals surface area contributed by atoms with Gasteiger partial charge in [0.2, 0.25) is 0 Å². The Morgan fingerprint density at radius 2 is 1.75 bits per heavy atom. The topological polar surface area (TPSA) is 79.8 Å². The fourth-order valence-corrected chi connectivity index (χ4v) is 3.14. The van der Waals surface area contributed by atoms with Crippen molar-refractivity contribution in [1.29, 1.82) is 0 Å². The van der Waals surface area contributed by atoms with Gasteiger partial charge in [-0.1, -0.05) is 63.4 Å². The Morgan fingerprint density at radius 1 is 1.00 bits per heavy atom. The van der Waals surface area contributed by atoms with Crippen LogP contribution in [0.3, 0.4) is 0 Å². The standard InChI is InChI=1S/C23H18BrCl2N3O3/c24-18-8-5-15(6-9-18)14-32-21-4-2-1-3-17(21)12-28-29-22(30)13-27-23(31)16-7-10-19(25)20(26)11-16/h1-12H,13-14H2,(H,27,31)(H,29,30)/b28-12-. The summed E-state index contributed by atoms with van der Waals surface area (Å²) in [5.41, 5.74) is 4.39. The van der Waals surface area contributed by atoms with Crippen molar-refractivity contribution in [3.05, 3.63) is 97.9 Å². The average Bonchev–Trinajstić information content (AvgIpc) is 2.79. The number of hydrogen-bond donors (Lipinski definition) is 2. The summed E-state index contributed by atoms with van der Waals surface area (Å²) in [7, 11) is 0. The third kappa shape index (κ3) is 7.09. The molecule has 0 atom stereocenters. The summed E-state index contributed by atoms with van der Waals surface area (Å²) in [5, 5.41) is 7.04. The quantitative estimate of drug-likeness (QED) is 0.307. The van der Waals surface area contributed by atoms with E-state index in [1.165, 1.54) is 24.4 Å². The van der Waals surface area contributed by atoms with Crippen molar-refractivity contribution in [2.24, 2.45) is 5.10 Å². The van der Waals surface area contributed by atoms with E-state index in [4.69, 9.17) is 27.9 Å².